The molecule has 1 heterocycles. The van der Waals surface area contributed by atoms with Gasteiger partial charge in [-0.05, 0) is 17.3 Å². The zero-order valence-electron chi connectivity index (χ0n) is 10.9. The number of amides is 1. The van der Waals surface area contributed by atoms with Crippen molar-refractivity contribution in [2.24, 2.45) is 17.3 Å². The topological polar surface area (TPSA) is 20.3 Å². The molecule has 0 radical (unpaired) electrons. The number of likely N-dealkylation sites (tertiary alicyclic amines) is 1. The molecule has 0 aliphatic carbocycles. The van der Waals surface area contributed by atoms with Gasteiger partial charge in [0, 0.05) is 24.8 Å². The van der Waals surface area contributed by atoms with E-state index in [1.165, 1.54) is 0 Å². The van der Waals surface area contributed by atoms with Gasteiger partial charge < -0.3 is 4.90 Å². The van der Waals surface area contributed by atoms with Gasteiger partial charge in [0.05, 0.1) is 0 Å². The zero-order chi connectivity index (χ0) is 12.3. The molecule has 1 aliphatic rings. The minimum absolute atomic E-state index is 0.251. The largest absolute Gasteiger partial charge is 0.342 e. The molecule has 1 saturated heterocycles. The number of rotatable bonds is 4. The van der Waals surface area contributed by atoms with Gasteiger partial charge in [0.2, 0.25) is 5.91 Å². The van der Waals surface area contributed by atoms with E-state index in [9.17, 15) is 4.79 Å². The van der Waals surface area contributed by atoms with E-state index in [0.717, 1.165) is 31.3 Å². The Kier molecular flexibility index (Phi) is 4.84. The van der Waals surface area contributed by atoms with Crippen molar-refractivity contribution < 1.29 is 4.79 Å². The van der Waals surface area contributed by atoms with Crippen molar-refractivity contribution in [3.8, 4) is 0 Å². The zero-order valence-corrected chi connectivity index (χ0v) is 12.5. The molecule has 3 heteroatoms. The van der Waals surface area contributed by atoms with Gasteiger partial charge >= 0.3 is 0 Å². The molecule has 2 nitrogen and oxygen atoms in total. The third-order valence-corrected chi connectivity index (χ3v) is 4.63. The Morgan fingerprint density at radius 1 is 1.50 bits per heavy atom. The number of hydrogen-bond acceptors (Lipinski definition) is 1. The first-order valence-corrected chi connectivity index (χ1v) is 7.34. The third-order valence-electron chi connectivity index (χ3n) is 3.71. The maximum absolute atomic E-state index is 11.9. The lowest BCUT2D eigenvalue weighted by molar-refractivity contribution is -0.128. The van der Waals surface area contributed by atoms with Crippen molar-refractivity contribution in [1.29, 1.82) is 0 Å². The summed E-state index contributed by atoms with van der Waals surface area (Å²) < 4.78 is 0. The van der Waals surface area contributed by atoms with Crippen LogP contribution in [0.1, 0.15) is 40.5 Å². The fourth-order valence-corrected chi connectivity index (χ4v) is 2.79. The second-order valence-electron chi connectivity index (χ2n) is 5.99. The Hall–Kier alpha value is -0.0500. The lowest BCUT2D eigenvalue weighted by Gasteiger charge is -2.27. The second kappa shape index (κ2) is 5.52. The van der Waals surface area contributed by atoms with E-state index in [4.69, 9.17) is 0 Å². The second-order valence-corrected chi connectivity index (χ2v) is 6.64. The summed E-state index contributed by atoms with van der Waals surface area (Å²) in [6.07, 6.45) is 1.87. The minimum atomic E-state index is 0.251. The molecule has 0 N–H and O–H groups in total. The van der Waals surface area contributed by atoms with Gasteiger partial charge in [-0.3, -0.25) is 4.79 Å². The molecule has 94 valence electrons. The highest BCUT2D eigenvalue weighted by Gasteiger charge is 2.37. The first kappa shape index (κ1) is 14.0. The average molecular weight is 290 g/mol. The van der Waals surface area contributed by atoms with Crippen LogP contribution in [0.4, 0.5) is 0 Å². The molecule has 16 heavy (non-hydrogen) atoms. The number of carbonyl (C=O) groups is 1. The Morgan fingerprint density at radius 3 is 2.50 bits per heavy atom. The van der Waals surface area contributed by atoms with Crippen LogP contribution in [0, 0.1) is 17.3 Å². The quantitative estimate of drug-likeness (QED) is 0.727. The first-order valence-electron chi connectivity index (χ1n) is 6.22. The molecular weight excluding hydrogens is 266 g/mol. The fraction of sp³-hybridized carbons (Fsp3) is 0.923. The van der Waals surface area contributed by atoms with E-state index in [1.54, 1.807) is 0 Å². The molecule has 2 atom stereocenters. The predicted molar refractivity (Wildman–Crippen MR) is 71.7 cm³/mol. The smallest absolute Gasteiger partial charge is 0.222 e. The SMILES string of the molecule is CCC(CBr)CN1CC(C(C)(C)C)CC1=O. The number of nitrogens with zero attached hydrogens (tertiary/aromatic N) is 1. The Morgan fingerprint density at radius 2 is 2.12 bits per heavy atom. The Labute approximate surface area is 108 Å². The van der Waals surface area contributed by atoms with E-state index in [1.807, 2.05) is 0 Å². The maximum Gasteiger partial charge on any atom is 0.222 e. The van der Waals surface area contributed by atoms with Gasteiger partial charge in [-0.1, -0.05) is 50.0 Å². The molecule has 0 aromatic heterocycles. The predicted octanol–water partition coefficient (Wildman–Crippen LogP) is 3.30. The van der Waals surface area contributed by atoms with Crippen LogP contribution in [0.3, 0.4) is 0 Å². The first-order chi connectivity index (χ1) is 7.38. The van der Waals surface area contributed by atoms with Crippen molar-refractivity contribution in [2.75, 3.05) is 18.4 Å². The highest BCUT2D eigenvalue weighted by molar-refractivity contribution is 9.09. The summed E-state index contributed by atoms with van der Waals surface area (Å²) in [5.41, 5.74) is 0.251. The number of carbonyl (C=O) groups excluding carboxylic acids is 1. The maximum atomic E-state index is 11.9. The lowest BCUT2D eigenvalue weighted by Crippen LogP contribution is -2.32. The van der Waals surface area contributed by atoms with Gasteiger partial charge in [0.15, 0.2) is 0 Å². The van der Waals surface area contributed by atoms with E-state index >= 15 is 0 Å². The fourth-order valence-electron chi connectivity index (χ4n) is 2.13. The normalized spacial score (nSPS) is 23.9. The molecule has 1 aliphatic heterocycles. The van der Waals surface area contributed by atoms with Crippen molar-refractivity contribution in [1.82, 2.24) is 4.90 Å². The summed E-state index contributed by atoms with van der Waals surface area (Å²) in [4.78, 5) is 14.0. The molecule has 1 fully saturated rings. The van der Waals surface area contributed by atoms with E-state index < -0.39 is 0 Å². The van der Waals surface area contributed by atoms with Gasteiger partial charge in [-0.25, -0.2) is 0 Å². The van der Waals surface area contributed by atoms with Crippen molar-refractivity contribution >= 4 is 21.8 Å². The Bertz CT molecular complexity index is 243. The van der Waals surface area contributed by atoms with Crippen LogP contribution in [0.25, 0.3) is 0 Å². The molecule has 0 aromatic carbocycles. The van der Waals surface area contributed by atoms with E-state index in [2.05, 4.69) is 48.5 Å². The molecule has 1 rings (SSSR count). The van der Waals surface area contributed by atoms with E-state index in [0.29, 0.717) is 17.7 Å². The average Bonchev–Trinajstić information content (AvgIpc) is 2.56. The van der Waals surface area contributed by atoms with Crippen molar-refractivity contribution in [3.05, 3.63) is 0 Å². The summed E-state index contributed by atoms with van der Waals surface area (Å²) in [6, 6.07) is 0. The number of hydrogen-bond donors (Lipinski definition) is 0. The molecule has 2 unspecified atom stereocenters. The third kappa shape index (κ3) is 3.47. The molecule has 0 aromatic rings. The summed E-state index contributed by atoms with van der Waals surface area (Å²) in [7, 11) is 0. The lowest BCUT2D eigenvalue weighted by atomic mass is 9.80. The van der Waals surface area contributed by atoms with Crippen LogP contribution in [0.5, 0.6) is 0 Å². The summed E-state index contributed by atoms with van der Waals surface area (Å²) in [6.45, 7) is 10.8. The highest BCUT2D eigenvalue weighted by Crippen LogP contribution is 2.34. The van der Waals surface area contributed by atoms with Crippen LogP contribution in [0.15, 0.2) is 0 Å². The van der Waals surface area contributed by atoms with Crippen molar-refractivity contribution in [2.45, 2.75) is 40.5 Å². The molecule has 1 amide bonds. The molecule has 0 spiro atoms. The van der Waals surface area contributed by atoms with Crippen LogP contribution in [0.2, 0.25) is 0 Å². The summed E-state index contributed by atoms with van der Waals surface area (Å²) in [5, 5.41) is 0.994. The summed E-state index contributed by atoms with van der Waals surface area (Å²) >= 11 is 3.52. The summed E-state index contributed by atoms with van der Waals surface area (Å²) in [5.74, 6) is 1.47. The van der Waals surface area contributed by atoms with Gasteiger partial charge in [-0.15, -0.1) is 0 Å². The molecular formula is C13H24BrNO. The van der Waals surface area contributed by atoms with Crippen LogP contribution < -0.4 is 0 Å². The highest BCUT2D eigenvalue weighted by atomic mass is 79.9. The molecule has 0 saturated carbocycles. The van der Waals surface area contributed by atoms with Crippen LogP contribution >= 0.6 is 15.9 Å². The standard InChI is InChI=1S/C13H24BrNO/c1-5-10(7-14)8-15-9-11(6-12(15)16)13(2,3)4/h10-11H,5-9H2,1-4H3. The van der Waals surface area contributed by atoms with Crippen LogP contribution in [-0.2, 0) is 4.79 Å². The minimum Gasteiger partial charge on any atom is -0.342 e. The van der Waals surface area contributed by atoms with Gasteiger partial charge in [-0.2, -0.15) is 0 Å². The number of halogens is 1. The van der Waals surface area contributed by atoms with Crippen molar-refractivity contribution in [3.63, 3.8) is 0 Å². The van der Waals surface area contributed by atoms with E-state index in [-0.39, 0.29) is 5.41 Å². The molecule has 0 bridgehead atoms. The monoisotopic (exact) mass is 289 g/mol. The van der Waals surface area contributed by atoms with Crippen LogP contribution in [-0.4, -0.2) is 29.2 Å². The number of alkyl halides is 1. The van der Waals surface area contributed by atoms with Gasteiger partial charge in [0.1, 0.15) is 0 Å². The van der Waals surface area contributed by atoms with Gasteiger partial charge in [0.25, 0.3) is 0 Å². The Balaban J connectivity index is 2.55.